The molecule has 4 aromatic rings. The van der Waals surface area contributed by atoms with Crippen molar-refractivity contribution in [2.75, 3.05) is 20.8 Å². The van der Waals surface area contributed by atoms with Gasteiger partial charge in [-0.15, -0.1) is 0 Å². The maximum absolute atomic E-state index is 13.7. The maximum atomic E-state index is 13.7. The van der Waals surface area contributed by atoms with Crippen molar-refractivity contribution < 1.29 is 23.7 Å². The van der Waals surface area contributed by atoms with Gasteiger partial charge in [-0.1, -0.05) is 53.8 Å². The van der Waals surface area contributed by atoms with Crippen molar-refractivity contribution in [1.29, 1.82) is 0 Å². The highest BCUT2D eigenvalue weighted by Crippen LogP contribution is 2.30. The van der Waals surface area contributed by atoms with Gasteiger partial charge in [0.15, 0.2) is 4.80 Å². The molecule has 1 aliphatic rings. The van der Waals surface area contributed by atoms with Gasteiger partial charge in [-0.05, 0) is 61.4 Å². The van der Waals surface area contributed by atoms with Gasteiger partial charge in [-0.2, -0.15) is 0 Å². The van der Waals surface area contributed by atoms with E-state index in [0.717, 1.165) is 22.4 Å². The van der Waals surface area contributed by atoms with E-state index in [1.54, 1.807) is 32.6 Å². The van der Waals surface area contributed by atoms with Crippen LogP contribution in [0.2, 0.25) is 0 Å². The van der Waals surface area contributed by atoms with E-state index in [1.165, 1.54) is 11.3 Å². The number of aromatic nitrogens is 1. The van der Waals surface area contributed by atoms with Crippen molar-refractivity contribution in [1.82, 2.24) is 4.57 Å². The molecule has 1 atom stereocenters. The summed E-state index contributed by atoms with van der Waals surface area (Å²) >= 11 is 1.29. The number of methoxy groups -OCH3 is 2. The minimum Gasteiger partial charge on any atom is -0.497 e. The fourth-order valence-electron chi connectivity index (χ4n) is 4.71. The van der Waals surface area contributed by atoms with Crippen molar-refractivity contribution in [3.63, 3.8) is 0 Å². The molecule has 0 fully saturated rings. The van der Waals surface area contributed by atoms with Crippen LogP contribution in [-0.2, 0) is 16.1 Å². The first kappa shape index (κ1) is 27.9. The predicted octanol–water partition coefficient (Wildman–Crippen LogP) is 4.39. The van der Waals surface area contributed by atoms with Gasteiger partial charge in [0, 0.05) is 5.56 Å². The molecule has 0 saturated heterocycles. The largest absolute Gasteiger partial charge is 0.497 e. The number of carbonyl (C=O) groups excluding carboxylic acids is 1. The first-order valence-electron chi connectivity index (χ1n) is 13.1. The zero-order valence-corrected chi connectivity index (χ0v) is 24.1. The van der Waals surface area contributed by atoms with Gasteiger partial charge in [0.2, 0.25) is 0 Å². The summed E-state index contributed by atoms with van der Waals surface area (Å²) in [6, 6.07) is 21.9. The number of allylic oxidation sites excluding steroid dienone is 1. The lowest BCUT2D eigenvalue weighted by Crippen LogP contribution is -2.39. The molecule has 8 nitrogen and oxygen atoms in total. The quantitative estimate of drug-likeness (QED) is 0.277. The maximum Gasteiger partial charge on any atom is 0.338 e. The van der Waals surface area contributed by atoms with Crippen molar-refractivity contribution in [3.05, 3.63) is 120 Å². The van der Waals surface area contributed by atoms with E-state index in [-0.39, 0.29) is 12.2 Å². The molecule has 0 aliphatic carbocycles. The molecule has 2 heterocycles. The Bertz CT molecular complexity index is 1770. The van der Waals surface area contributed by atoms with Gasteiger partial charge in [0.05, 0.1) is 42.7 Å². The molecule has 210 valence electrons. The molecular formula is C32H30N2O6S. The number of hydrogen-bond donors (Lipinski definition) is 0. The Kier molecular flexibility index (Phi) is 8.35. The molecule has 9 heteroatoms. The fourth-order valence-corrected chi connectivity index (χ4v) is 5.76. The summed E-state index contributed by atoms with van der Waals surface area (Å²) in [7, 11) is 3.23. The number of nitrogens with zero attached hydrogens (tertiary/aromatic N) is 2. The third-order valence-electron chi connectivity index (χ3n) is 6.69. The van der Waals surface area contributed by atoms with Crippen LogP contribution in [0, 0.1) is 0 Å². The lowest BCUT2D eigenvalue weighted by Gasteiger charge is -2.24. The molecule has 3 aromatic carbocycles. The number of esters is 1. The Labute approximate surface area is 241 Å². The summed E-state index contributed by atoms with van der Waals surface area (Å²) in [6.07, 6.45) is 1.82. The van der Waals surface area contributed by atoms with Crippen LogP contribution in [-0.4, -0.2) is 31.4 Å². The molecule has 0 radical (unpaired) electrons. The number of thiazole rings is 1. The van der Waals surface area contributed by atoms with Crippen LogP contribution in [0.15, 0.2) is 93.9 Å². The minimum atomic E-state index is -0.627. The van der Waals surface area contributed by atoms with E-state index in [0.29, 0.717) is 38.7 Å². The van der Waals surface area contributed by atoms with Gasteiger partial charge in [0.1, 0.15) is 23.9 Å². The molecule has 1 aromatic heterocycles. The second kappa shape index (κ2) is 12.3. The summed E-state index contributed by atoms with van der Waals surface area (Å²) in [5.74, 6) is 1.64. The van der Waals surface area contributed by atoms with Crippen molar-refractivity contribution >= 4 is 23.4 Å². The number of carbonyl (C=O) groups is 1. The Morgan fingerprint density at radius 2 is 1.73 bits per heavy atom. The van der Waals surface area contributed by atoms with Gasteiger partial charge < -0.3 is 18.9 Å². The predicted molar refractivity (Wildman–Crippen MR) is 157 cm³/mol. The zero-order valence-electron chi connectivity index (χ0n) is 23.2. The van der Waals surface area contributed by atoms with E-state index in [1.807, 2.05) is 78.9 Å². The topological polar surface area (TPSA) is 88.4 Å². The van der Waals surface area contributed by atoms with Crippen molar-refractivity contribution in [2.45, 2.75) is 26.5 Å². The average molecular weight is 571 g/mol. The Morgan fingerprint density at radius 1 is 1.00 bits per heavy atom. The van der Waals surface area contributed by atoms with E-state index in [9.17, 15) is 9.59 Å². The highest BCUT2D eigenvalue weighted by Gasteiger charge is 2.33. The highest BCUT2D eigenvalue weighted by molar-refractivity contribution is 7.07. The molecule has 0 saturated carbocycles. The first-order valence-corrected chi connectivity index (χ1v) is 13.9. The fraction of sp³-hybridized carbons (Fsp3) is 0.219. The summed E-state index contributed by atoms with van der Waals surface area (Å²) in [5, 5.41) is 0. The lowest BCUT2D eigenvalue weighted by atomic mass is 9.96. The lowest BCUT2D eigenvalue weighted by molar-refractivity contribution is -0.139. The molecule has 0 amide bonds. The monoisotopic (exact) mass is 570 g/mol. The van der Waals surface area contributed by atoms with Crippen LogP contribution in [0.5, 0.6) is 17.2 Å². The van der Waals surface area contributed by atoms with Crippen LogP contribution in [0.25, 0.3) is 6.08 Å². The summed E-state index contributed by atoms with van der Waals surface area (Å²) in [4.78, 5) is 31.9. The molecule has 0 bridgehead atoms. The van der Waals surface area contributed by atoms with Gasteiger partial charge >= 0.3 is 5.97 Å². The highest BCUT2D eigenvalue weighted by atomic mass is 32.1. The molecule has 0 N–H and O–H groups in total. The molecule has 41 heavy (non-hydrogen) atoms. The van der Waals surface area contributed by atoms with E-state index in [4.69, 9.17) is 18.9 Å². The van der Waals surface area contributed by atoms with E-state index < -0.39 is 12.0 Å². The van der Waals surface area contributed by atoms with Crippen LogP contribution < -0.4 is 29.1 Å². The molecule has 1 aliphatic heterocycles. The van der Waals surface area contributed by atoms with Gasteiger partial charge in [-0.3, -0.25) is 9.36 Å². The van der Waals surface area contributed by atoms with Crippen LogP contribution >= 0.6 is 11.3 Å². The summed E-state index contributed by atoms with van der Waals surface area (Å²) < 4.78 is 24.2. The minimum absolute atomic E-state index is 0.220. The van der Waals surface area contributed by atoms with Crippen molar-refractivity contribution in [2.24, 2.45) is 4.99 Å². The second-order valence-corrected chi connectivity index (χ2v) is 10.3. The van der Waals surface area contributed by atoms with Crippen LogP contribution in [0.1, 0.15) is 36.6 Å². The van der Waals surface area contributed by atoms with Gasteiger partial charge in [0.25, 0.3) is 5.56 Å². The van der Waals surface area contributed by atoms with Crippen LogP contribution in [0.3, 0.4) is 0 Å². The zero-order chi connectivity index (χ0) is 28.9. The number of hydrogen-bond acceptors (Lipinski definition) is 8. The molecule has 5 rings (SSSR count). The van der Waals surface area contributed by atoms with E-state index >= 15 is 0 Å². The number of ether oxygens (including phenoxy) is 4. The Hall–Kier alpha value is -4.63. The average Bonchev–Trinajstić information content (AvgIpc) is 3.30. The third-order valence-corrected chi connectivity index (χ3v) is 7.68. The van der Waals surface area contributed by atoms with Gasteiger partial charge in [-0.25, -0.2) is 9.79 Å². The summed E-state index contributed by atoms with van der Waals surface area (Å²) in [6.45, 7) is 4.07. The van der Waals surface area contributed by atoms with Crippen LogP contribution in [0.4, 0.5) is 0 Å². The molecular weight excluding hydrogens is 540 g/mol. The number of fused-ring (bicyclic) bond motifs is 1. The number of rotatable bonds is 9. The number of benzene rings is 3. The smallest absolute Gasteiger partial charge is 0.338 e. The first-order chi connectivity index (χ1) is 19.9. The molecule has 0 spiro atoms. The Balaban J connectivity index is 1.45. The van der Waals surface area contributed by atoms with E-state index in [2.05, 4.69) is 4.99 Å². The SMILES string of the molecule is CCOC(=O)C1=C(C)N=c2s/c(=C\c3ccc(OCc4cc(OC)ccc4OC)cc3)c(=O)n2[C@H]1c1ccccc1. The molecule has 0 unspecified atom stereocenters. The summed E-state index contributed by atoms with van der Waals surface area (Å²) in [5.41, 5.74) is 3.20. The standard InChI is InChI=1S/C32H30N2O6S/c1-5-39-31(36)28-20(2)33-32-34(29(28)22-9-7-6-8-10-22)30(35)27(41-32)17-21-11-13-24(14-12-21)40-19-23-18-25(37-3)15-16-26(23)38-4/h6-18,29H,5,19H2,1-4H3/b27-17-/t29-/m0/s1. The second-order valence-electron chi connectivity index (χ2n) is 9.25. The normalized spacial score (nSPS) is 14.7. The Morgan fingerprint density at radius 3 is 2.41 bits per heavy atom. The third kappa shape index (κ3) is 5.81. The van der Waals surface area contributed by atoms with Crippen molar-refractivity contribution in [3.8, 4) is 17.2 Å².